The molecular weight excluding hydrogens is 218 g/mol. The van der Waals surface area contributed by atoms with Crippen molar-refractivity contribution < 1.29 is 15.0 Å². The van der Waals surface area contributed by atoms with E-state index in [4.69, 9.17) is 6.42 Å². The summed E-state index contributed by atoms with van der Waals surface area (Å²) in [5.74, 6) is 1.42. The summed E-state index contributed by atoms with van der Waals surface area (Å²) in [5, 5.41) is 21.4. The van der Waals surface area contributed by atoms with Gasteiger partial charge in [0.2, 0.25) is 0 Å². The number of phenols is 2. The molecule has 0 atom stereocenters. The van der Waals surface area contributed by atoms with Crippen LogP contribution in [0.25, 0.3) is 0 Å². The molecule has 0 bridgehead atoms. The van der Waals surface area contributed by atoms with E-state index in [1.807, 2.05) is 0 Å². The van der Waals surface area contributed by atoms with Crippen LogP contribution < -0.4 is 5.32 Å². The van der Waals surface area contributed by atoms with Gasteiger partial charge in [-0.1, -0.05) is 6.07 Å². The number of terminal acetylenes is 1. The van der Waals surface area contributed by atoms with Crippen molar-refractivity contribution >= 4 is 5.91 Å². The maximum atomic E-state index is 11.6. The minimum absolute atomic E-state index is 0.0712. The van der Waals surface area contributed by atoms with E-state index in [0.717, 1.165) is 12.8 Å². The third-order valence-corrected chi connectivity index (χ3v) is 2.29. The fourth-order valence-corrected chi connectivity index (χ4v) is 1.36. The molecule has 0 radical (unpaired) electrons. The molecule has 0 unspecified atom stereocenters. The van der Waals surface area contributed by atoms with Gasteiger partial charge in [-0.2, -0.15) is 0 Å². The monoisotopic (exact) mass is 233 g/mol. The summed E-state index contributed by atoms with van der Waals surface area (Å²) < 4.78 is 0. The standard InChI is InChI=1S/C13H15NO3/c1-2-3-4-5-9-14-13(17)10-7-6-8-11(15)12(10)16/h1,6-8,15-16H,3-5,9H2,(H,14,17). The number of rotatable bonds is 5. The maximum absolute atomic E-state index is 11.6. The van der Waals surface area contributed by atoms with Gasteiger partial charge in [0.05, 0.1) is 5.56 Å². The van der Waals surface area contributed by atoms with Crippen molar-refractivity contribution in [2.75, 3.05) is 6.54 Å². The molecule has 4 heteroatoms. The van der Waals surface area contributed by atoms with Crippen molar-refractivity contribution in [3.8, 4) is 23.8 Å². The minimum atomic E-state index is -0.404. The fraction of sp³-hybridized carbons (Fsp3) is 0.308. The van der Waals surface area contributed by atoms with Gasteiger partial charge in [0.15, 0.2) is 11.5 Å². The van der Waals surface area contributed by atoms with Crippen molar-refractivity contribution in [1.29, 1.82) is 0 Å². The van der Waals surface area contributed by atoms with E-state index < -0.39 is 11.7 Å². The SMILES string of the molecule is C#CCCCCNC(=O)c1cccc(O)c1O. The third-order valence-electron chi connectivity index (χ3n) is 2.29. The number of benzene rings is 1. The second-order valence-electron chi connectivity index (χ2n) is 3.59. The Bertz CT molecular complexity index is 435. The molecule has 1 rings (SSSR count). The Hall–Kier alpha value is -2.15. The van der Waals surface area contributed by atoms with Crippen molar-refractivity contribution in [3.63, 3.8) is 0 Å². The summed E-state index contributed by atoms with van der Waals surface area (Å²) in [7, 11) is 0. The Labute approximate surface area is 100 Å². The Morgan fingerprint density at radius 2 is 2.12 bits per heavy atom. The van der Waals surface area contributed by atoms with E-state index in [0.29, 0.717) is 13.0 Å². The second kappa shape index (κ2) is 6.44. The van der Waals surface area contributed by atoms with Crippen LogP contribution in [-0.4, -0.2) is 22.7 Å². The van der Waals surface area contributed by atoms with Crippen molar-refractivity contribution in [2.24, 2.45) is 0 Å². The lowest BCUT2D eigenvalue weighted by molar-refractivity contribution is 0.0949. The molecule has 0 spiro atoms. The average Bonchev–Trinajstić information content (AvgIpc) is 2.32. The number of hydrogen-bond donors (Lipinski definition) is 3. The normalized spacial score (nSPS) is 9.59. The predicted molar refractivity (Wildman–Crippen MR) is 64.8 cm³/mol. The molecule has 1 amide bonds. The lowest BCUT2D eigenvalue weighted by atomic mass is 10.1. The van der Waals surface area contributed by atoms with Gasteiger partial charge in [-0.3, -0.25) is 4.79 Å². The number of nitrogens with one attached hydrogen (secondary N) is 1. The first-order chi connectivity index (χ1) is 8.16. The number of unbranched alkanes of at least 4 members (excludes halogenated alkanes) is 2. The molecule has 0 aliphatic rings. The third kappa shape index (κ3) is 3.72. The van der Waals surface area contributed by atoms with Crippen LogP contribution in [0.3, 0.4) is 0 Å². The molecule has 90 valence electrons. The van der Waals surface area contributed by atoms with Crippen LogP contribution in [0.1, 0.15) is 29.6 Å². The molecule has 0 aromatic heterocycles. The van der Waals surface area contributed by atoms with Crippen molar-refractivity contribution in [3.05, 3.63) is 23.8 Å². The molecule has 0 aliphatic heterocycles. The lowest BCUT2D eigenvalue weighted by Gasteiger charge is -2.07. The Balaban J connectivity index is 2.48. The number of carbonyl (C=O) groups is 1. The summed E-state index contributed by atoms with van der Waals surface area (Å²) in [6, 6.07) is 4.27. The zero-order valence-electron chi connectivity index (χ0n) is 9.44. The van der Waals surface area contributed by atoms with Crippen LogP contribution in [-0.2, 0) is 0 Å². The molecule has 17 heavy (non-hydrogen) atoms. The zero-order valence-corrected chi connectivity index (χ0v) is 9.44. The quantitative estimate of drug-likeness (QED) is 0.411. The molecule has 1 aromatic carbocycles. The van der Waals surface area contributed by atoms with E-state index in [-0.39, 0.29) is 11.3 Å². The summed E-state index contributed by atoms with van der Waals surface area (Å²) in [5.41, 5.74) is 0.0712. The molecule has 4 nitrogen and oxygen atoms in total. The second-order valence-corrected chi connectivity index (χ2v) is 3.59. The minimum Gasteiger partial charge on any atom is -0.504 e. The Morgan fingerprint density at radius 3 is 2.82 bits per heavy atom. The smallest absolute Gasteiger partial charge is 0.255 e. The fourth-order valence-electron chi connectivity index (χ4n) is 1.36. The van der Waals surface area contributed by atoms with Crippen LogP contribution >= 0.6 is 0 Å². The molecule has 0 fully saturated rings. The van der Waals surface area contributed by atoms with Crippen molar-refractivity contribution in [2.45, 2.75) is 19.3 Å². The van der Waals surface area contributed by atoms with Gasteiger partial charge >= 0.3 is 0 Å². The van der Waals surface area contributed by atoms with Gasteiger partial charge in [0, 0.05) is 13.0 Å². The van der Waals surface area contributed by atoms with E-state index >= 15 is 0 Å². The van der Waals surface area contributed by atoms with Gasteiger partial charge in [0.25, 0.3) is 5.91 Å². The number of hydrogen-bond acceptors (Lipinski definition) is 3. The lowest BCUT2D eigenvalue weighted by Crippen LogP contribution is -2.24. The van der Waals surface area contributed by atoms with E-state index in [1.165, 1.54) is 18.2 Å². The van der Waals surface area contributed by atoms with E-state index in [9.17, 15) is 15.0 Å². The average molecular weight is 233 g/mol. The first kappa shape index (κ1) is 12.9. The summed E-state index contributed by atoms with van der Waals surface area (Å²) in [6.45, 7) is 0.496. The highest BCUT2D eigenvalue weighted by atomic mass is 16.3. The van der Waals surface area contributed by atoms with Crippen LogP contribution in [0.4, 0.5) is 0 Å². The van der Waals surface area contributed by atoms with Crippen molar-refractivity contribution in [1.82, 2.24) is 5.32 Å². The summed E-state index contributed by atoms with van der Waals surface area (Å²) >= 11 is 0. The molecular formula is C13H15NO3. The number of carbonyl (C=O) groups excluding carboxylic acids is 1. The molecule has 0 heterocycles. The first-order valence-corrected chi connectivity index (χ1v) is 5.39. The number of aromatic hydroxyl groups is 2. The van der Waals surface area contributed by atoms with Gasteiger partial charge in [-0.25, -0.2) is 0 Å². The van der Waals surface area contributed by atoms with Gasteiger partial charge in [-0.15, -0.1) is 12.3 Å². The van der Waals surface area contributed by atoms with Crippen LogP contribution in [0, 0.1) is 12.3 Å². The highest BCUT2D eigenvalue weighted by Gasteiger charge is 2.12. The summed E-state index contributed by atoms with van der Waals surface area (Å²) in [6.07, 6.45) is 7.42. The summed E-state index contributed by atoms with van der Waals surface area (Å²) in [4.78, 5) is 11.6. The predicted octanol–water partition coefficient (Wildman–Crippen LogP) is 1.63. The van der Waals surface area contributed by atoms with Gasteiger partial charge in [-0.05, 0) is 25.0 Å². The molecule has 0 saturated heterocycles. The molecule has 0 aliphatic carbocycles. The Kier molecular flexibility index (Phi) is 4.89. The number of phenolic OH excluding ortho intramolecular Hbond substituents is 2. The largest absolute Gasteiger partial charge is 0.504 e. The highest BCUT2D eigenvalue weighted by Crippen LogP contribution is 2.27. The molecule has 0 saturated carbocycles. The molecule has 3 N–H and O–H groups in total. The number of amides is 1. The highest BCUT2D eigenvalue weighted by molar-refractivity contribution is 5.97. The molecule has 1 aromatic rings. The van der Waals surface area contributed by atoms with Crippen LogP contribution in [0.15, 0.2) is 18.2 Å². The number of para-hydroxylation sites is 1. The van der Waals surface area contributed by atoms with E-state index in [1.54, 1.807) is 0 Å². The van der Waals surface area contributed by atoms with E-state index in [2.05, 4.69) is 11.2 Å². The Morgan fingerprint density at radius 1 is 1.35 bits per heavy atom. The zero-order chi connectivity index (χ0) is 12.7. The topological polar surface area (TPSA) is 69.6 Å². The van der Waals surface area contributed by atoms with Crippen LogP contribution in [0.2, 0.25) is 0 Å². The van der Waals surface area contributed by atoms with Crippen LogP contribution in [0.5, 0.6) is 11.5 Å². The maximum Gasteiger partial charge on any atom is 0.255 e. The first-order valence-electron chi connectivity index (χ1n) is 5.39. The van der Waals surface area contributed by atoms with Gasteiger partial charge in [0.1, 0.15) is 0 Å². The van der Waals surface area contributed by atoms with Gasteiger partial charge < -0.3 is 15.5 Å².